The Morgan fingerprint density at radius 1 is 1.25 bits per heavy atom. The molecule has 4 rings (SSSR count). The summed E-state index contributed by atoms with van der Waals surface area (Å²) in [5.41, 5.74) is 7.28. The van der Waals surface area contributed by atoms with Crippen LogP contribution in [-0.2, 0) is 25.4 Å². The van der Waals surface area contributed by atoms with Crippen molar-refractivity contribution in [2.75, 3.05) is 12.3 Å². The van der Waals surface area contributed by atoms with Crippen molar-refractivity contribution < 1.29 is 37.3 Å². The molecule has 12 heteroatoms. The quantitative estimate of drug-likeness (QED) is 0.606. The van der Waals surface area contributed by atoms with Gasteiger partial charge in [-0.1, -0.05) is 0 Å². The summed E-state index contributed by atoms with van der Waals surface area (Å²) >= 11 is 0. The fourth-order valence-electron chi connectivity index (χ4n) is 4.34. The summed E-state index contributed by atoms with van der Waals surface area (Å²) in [6, 6.07) is 0. The Bertz CT molecular complexity index is 1010. The summed E-state index contributed by atoms with van der Waals surface area (Å²) < 4.78 is 56.9. The number of unbranched alkanes of at least 4 members (excludes halogenated alkanes) is 1. The summed E-state index contributed by atoms with van der Waals surface area (Å²) in [7, 11) is 0. The molecule has 0 saturated carbocycles. The fraction of sp³-hybridized carbons (Fsp3) is 0.650. The van der Waals surface area contributed by atoms with E-state index in [1.165, 1.54) is 6.33 Å². The lowest BCUT2D eigenvalue weighted by Gasteiger charge is -2.24. The Morgan fingerprint density at radius 3 is 2.66 bits per heavy atom. The predicted molar refractivity (Wildman–Crippen MR) is 105 cm³/mol. The maximum Gasteiger partial charge on any atom is 0.449 e. The SMILES string of the molecule is CC1(C)OC2[C@@H](CO)O[C@@H](n3cc(CCCCC(=O)C(F)(F)F)c4c(N)ncnc43)[C@H]2O1. The molecular formula is C20H25F3N4O5. The number of ether oxygens (including phenoxy) is 3. The number of nitrogen functional groups attached to an aromatic ring is 1. The van der Waals surface area contributed by atoms with Gasteiger partial charge < -0.3 is 29.6 Å². The lowest BCUT2D eigenvalue weighted by Crippen LogP contribution is -2.31. The van der Waals surface area contributed by atoms with Crippen LogP contribution in [0.4, 0.5) is 19.0 Å². The van der Waals surface area contributed by atoms with Gasteiger partial charge in [-0.15, -0.1) is 0 Å². The van der Waals surface area contributed by atoms with Crippen molar-refractivity contribution >= 4 is 22.6 Å². The molecule has 9 nitrogen and oxygen atoms in total. The molecular weight excluding hydrogens is 433 g/mol. The number of hydrogen-bond acceptors (Lipinski definition) is 8. The van der Waals surface area contributed by atoms with Crippen LogP contribution in [0, 0.1) is 0 Å². The van der Waals surface area contributed by atoms with Gasteiger partial charge in [-0.05, 0) is 38.7 Å². The van der Waals surface area contributed by atoms with Gasteiger partial charge in [0.15, 0.2) is 12.0 Å². The second-order valence-electron chi connectivity index (χ2n) is 8.46. The second-order valence-corrected chi connectivity index (χ2v) is 8.46. The van der Waals surface area contributed by atoms with Crippen molar-refractivity contribution in [1.82, 2.24) is 14.5 Å². The van der Waals surface area contributed by atoms with Gasteiger partial charge in [0.05, 0.1) is 12.0 Å². The third kappa shape index (κ3) is 4.19. The number of aliphatic hydroxyl groups excluding tert-OH is 1. The first kappa shape index (κ1) is 22.9. The van der Waals surface area contributed by atoms with Gasteiger partial charge in [-0.25, -0.2) is 9.97 Å². The van der Waals surface area contributed by atoms with Gasteiger partial charge in [0, 0.05) is 12.6 Å². The van der Waals surface area contributed by atoms with Gasteiger partial charge in [0.25, 0.3) is 0 Å². The van der Waals surface area contributed by atoms with Gasteiger partial charge in [-0.2, -0.15) is 13.2 Å². The number of carbonyl (C=O) groups is 1. The molecule has 3 N–H and O–H groups in total. The third-order valence-electron chi connectivity index (χ3n) is 5.71. The van der Waals surface area contributed by atoms with Crippen LogP contribution in [0.15, 0.2) is 12.5 Å². The van der Waals surface area contributed by atoms with Crippen LogP contribution in [-0.4, -0.2) is 62.3 Å². The zero-order valence-electron chi connectivity index (χ0n) is 17.6. The first-order valence-electron chi connectivity index (χ1n) is 10.3. The molecule has 0 aromatic carbocycles. The Morgan fingerprint density at radius 2 is 1.97 bits per heavy atom. The van der Waals surface area contributed by atoms with E-state index in [1.807, 2.05) is 0 Å². The van der Waals surface area contributed by atoms with Crippen LogP contribution in [0.25, 0.3) is 11.0 Å². The number of carbonyl (C=O) groups excluding carboxylic acids is 1. The Hall–Kier alpha value is -2.28. The maximum atomic E-state index is 12.4. The summed E-state index contributed by atoms with van der Waals surface area (Å²) in [5, 5.41) is 10.3. The van der Waals surface area contributed by atoms with E-state index in [1.54, 1.807) is 24.6 Å². The number of nitrogens with two attached hydrogens (primary N) is 1. The highest BCUT2D eigenvalue weighted by Gasteiger charge is 2.56. The monoisotopic (exact) mass is 458 g/mol. The van der Waals surface area contributed by atoms with Crippen LogP contribution in [0.5, 0.6) is 0 Å². The number of halogens is 3. The molecule has 176 valence electrons. The van der Waals surface area contributed by atoms with Crippen LogP contribution in [0.1, 0.15) is 44.9 Å². The number of ketones is 1. The van der Waals surface area contributed by atoms with Crippen LogP contribution in [0.2, 0.25) is 0 Å². The molecule has 0 amide bonds. The van der Waals surface area contributed by atoms with E-state index in [2.05, 4.69) is 9.97 Å². The number of fused-ring (bicyclic) bond motifs is 2. The van der Waals surface area contributed by atoms with Gasteiger partial charge in [0.1, 0.15) is 36.1 Å². The molecule has 1 unspecified atom stereocenters. The topological polar surface area (TPSA) is 122 Å². The molecule has 0 aliphatic carbocycles. The molecule has 2 fully saturated rings. The van der Waals surface area contributed by atoms with Crippen molar-refractivity contribution in [1.29, 1.82) is 0 Å². The average Bonchev–Trinajstić information content (AvgIpc) is 3.33. The van der Waals surface area contributed by atoms with E-state index < -0.39 is 48.7 Å². The van der Waals surface area contributed by atoms with E-state index >= 15 is 0 Å². The third-order valence-corrected chi connectivity index (χ3v) is 5.71. The summed E-state index contributed by atoms with van der Waals surface area (Å²) in [4.78, 5) is 19.5. The summed E-state index contributed by atoms with van der Waals surface area (Å²) in [5.74, 6) is -2.35. The van der Waals surface area contributed by atoms with Crippen LogP contribution in [0.3, 0.4) is 0 Å². The molecule has 2 aliphatic heterocycles. The molecule has 0 spiro atoms. The zero-order valence-corrected chi connectivity index (χ0v) is 17.6. The number of nitrogens with zero attached hydrogens (tertiary/aromatic N) is 3. The minimum absolute atomic E-state index is 0.0843. The molecule has 4 heterocycles. The number of aliphatic hydroxyl groups is 1. The molecule has 2 aromatic heterocycles. The largest absolute Gasteiger partial charge is 0.449 e. The highest BCUT2D eigenvalue weighted by atomic mass is 19.4. The second kappa shape index (κ2) is 8.25. The minimum Gasteiger partial charge on any atom is -0.394 e. The summed E-state index contributed by atoms with van der Waals surface area (Å²) in [6.45, 7) is 3.30. The highest BCUT2D eigenvalue weighted by molar-refractivity contribution is 5.90. The van der Waals surface area contributed by atoms with Crippen LogP contribution >= 0.6 is 0 Å². The molecule has 4 atom stereocenters. The number of rotatable bonds is 7. The maximum absolute atomic E-state index is 12.4. The van der Waals surface area contributed by atoms with Crippen molar-refractivity contribution in [3.8, 4) is 0 Å². The number of Topliss-reactive ketones (excluding diaryl/α,β-unsaturated/α-hetero) is 1. The van der Waals surface area contributed by atoms with Gasteiger partial charge in [0.2, 0.25) is 5.78 Å². The molecule has 2 aliphatic rings. The van der Waals surface area contributed by atoms with E-state index in [4.69, 9.17) is 19.9 Å². The van der Waals surface area contributed by atoms with E-state index in [-0.39, 0.29) is 18.8 Å². The molecule has 2 saturated heterocycles. The minimum atomic E-state index is -4.81. The molecule has 0 bridgehead atoms. The van der Waals surface area contributed by atoms with Crippen molar-refractivity contribution in [2.45, 2.75) is 76.0 Å². The van der Waals surface area contributed by atoms with E-state index in [0.717, 1.165) is 5.56 Å². The number of anilines is 1. The zero-order chi connectivity index (χ0) is 23.3. The Labute approximate surface area is 181 Å². The normalized spacial score (nSPS) is 27.2. The number of alkyl halides is 3. The molecule has 2 aromatic rings. The number of aryl methyl sites for hydroxylation is 1. The van der Waals surface area contributed by atoms with Crippen molar-refractivity contribution in [2.24, 2.45) is 0 Å². The standard InChI is InChI=1S/C20H25F3N4O5/c1-19(2)31-14-11(8-28)30-18(15(14)32-19)27-7-10(13-16(24)25-9-26-17(13)27)5-3-4-6-12(29)20(21,22)23/h7,9,11,14-15,18,28H,3-6,8H2,1-2H3,(H2,24,25,26)/t11-,14?,15+,18-/m1/s1. The lowest BCUT2D eigenvalue weighted by molar-refractivity contribution is -0.199. The van der Waals surface area contributed by atoms with E-state index in [0.29, 0.717) is 23.9 Å². The van der Waals surface area contributed by atoms with Gasteiger partial charge in [-0.3, -0.25) is 4.79 Å². The number of hydrogen-bond donors (Lipinski definition) is 2. The lowest BCUT2D eigenvalue weighted by atomic mass is 10.1. The first-order chi connectivity index (χ1) is 15.0. The van der Waals surface area contributed by atoms with Gasteiger partial charge >= 0.3 is 6.18 Å². The van der Waals surface area contributed by atoms with E-state index in [9.17, 15) is 23.1 Å². The average molecular weight is 458 g/mol. The van der Waals surface area contributed by atoms with Crippen molar-refractivity contribution in [3.05, 3.63) is 18.1 Å². The highest BCUT2D eigenvalue weighted by Crippen LogP contribution is 2.44. The first-order valence-corrected chi connectivity index (χ1v) is 10.3. The molecule has 32 heavy (non-hydrogen) atoms. The Balaban J connectivity index is 1.59. The predicted octanol–water partition coefficient (Wildman–Crippen LogP) is 2.27. The smallest absolute Gasteiger partial charge is 0.394 e. The fourth-order valence-corrected chi connectivity index (χ4v) is 4.34. The van der Waals surface area contributed by atoms with Crippen molar-refractivity contribution in [3.63, 3.8) is 0 Å². The van der Waals surface area contributed by atoms with Crippen LogP contribution < -0.4 is 5.73 Å². The Kier molecular flexibility index (Phi) is 5.90. The molecule has 0 radical (unpaired) electrons. The summed E-state index contributed by atoms with van der Waals surface area (Å²) in [6.07, 6.45) is -3.74. The number of aromatic nitrogens is 3.